The van der Waals surface area contributed by atoms with E-state index in [0.717, 1.165) is 40.0 Å². The largest absolute Gasteiger partial charge is 0.486 e. The molecule has 0 amide bonds. The van der Waals surface area contributed by atoms with Crippen molar-refractivity contribution in [3.05, 3.63) is 81.0 Å². The van der Waals surface area contributed by atoms with Crippen molar-refractivity contribution in [3.63, 3.8) is 0 Å². The third-order valence-electron chi connectivity index (χ3n) is 5.27. The van der Waals surface area contributed by atoms with Crippen LogP contribution in [0.1, 0.15) is 30.5 Å². The first-order valence-corrected chi connectivity index (χ1v) is 12.7. The molecule has 0 bridgehead atoms. The molecule has 0 spiro atoms. The summed E-state index contributed by atoms with van der Waals surface area (Å²) < 4.78 is 9.53. The summed E-state index contributed by atoms with van der Waals surface area (Å²) in [4.78, 5) is 17.8. The lowest BCUT2D eigenvalue weighted by Crippen LogP contribution is -2.23. The third-order valence-corrected chi connectivity index (χ3v) is 7.10. The minimum Gasteiger partial charge on any atom is -0.486 e. The second kappa shape index (κ2) is 9.76. The molecule has 0 N–H and O–H groups in total. The summed E-state index contributed by atoms with van der Waals surface area (Å²) in [5.41, 5.74) is 1.78. The number of thiazole rings is 1. The Kier molecular flexibility index (Phi) is 6.41. The SMILES string of the molecule is CCCCn1c(=O)c2ccccc2n2c(SCc3csc(COc4ccccc4)n3)nnc12. The molecular weight excluding hydrogens is 454 g/mol. The monoisotopic (exact) mass is 477 g/mol. The number of ether oxygens (including phenoxy) is 1. The Bertz CT molecular complexity index is 1440. The fraction of sp³-hybridized carbons (Fsp3) is 0.250. The molecule has 3 heterocycles. The molecule has 2 aromatic carbocycles. The predicted molar refractivity (Wildman–Crippen MR) is 132 cm³/mol. The third kappa shape index (κ3) is 4.51. The van der Waals surface area contributed by atoms with Crippen molar-refractivity contribution in [2.24, 2.45) is 0 Å². The van der Waals surface area contributed by atoms with Crippen LogP contribution >= 0.6 is 23.1 Å². The van der Waals surface area contributed by atoms with Crippen molar-refractivity contribution in [3.8, 4) is 5.75 Å². The summed E-state index contributed by atoms with van der Waals surface area (Å²) in [6, 6.07) is 17.4. The number of rotatable bonds is 9. The molecule has 0 saturated heterocycles. The van der Waals surface area contributed by atoms with E-state index >= 15 is 0 Å². The van der Waals surface area contributed by atoms with E-state index in [2.05, 4.69) is 22.5 Å². The van der Waals surface area contributed by atoms with E-state index < -0.39 is 0 Å². The Labute approximate surface area is 199 Å². The highest BCUT2D eigenvalue weighted by Crippen LogP contribution is 2.26. The van der Waals surface area contributed by atoms with E-state index in [1.165, 1.54) is 0 Å². The van der Waals surface area contributed by atoms with Gasteiger partial charge in [0.2, 0.25) is 5.78 Å². The number of hydrogen-bond donors (Lipinski definition) is 0. The van der Waals surface area contributed by atoms with Gasteiger partial charge in [0.05, 0.1) is 16.6 Å². The lowest BCUT2D eigenvalue weighted by atomic mass is 10.2. The molecule has 0 atom stereocenters. The predicted octanol–water partition coefficient (Wildman–Crippen LogP) is 5.17. The van der Waals surface area contributed by atoms with E-state index in [1.807, 2.05) is 59.0 Å². The molecule has 0 aliphatic heterocycles. The van der Waals surface area contributed by atoms with Crippen LogP contribution < -0.4 is 10.3 Å². The van der Waals surface area contributed by atoms with Crippen LogP contribution in [0.3, 0.4) is 0 Å². The summed E-state index contributed by atoms with van der Waals surface area (Å²) in [7, 11) is 0. The zero-order valence-electron chi connectivity index (χ0n) is 18.2. The molecule has 9 heteroatoms. The van der Waals surface area contributed by atoms with E-state index in [4.69, 9.17) is 9.72 Å². The summed E-state index contributed by atoms with van der Waals surface area (Å²) >= 11 is 3.16. The average Bonchev–Trinajstić information content (AvgIpc) is 3.49. The van der Waals surface area contributed by atoms with E-state index in [1.54, 1.807) is 27.7 Å². The van der Waals surface area contributed by atoms with Crippen LogP contribution in [0.2, 0.25) is 0 Å². The summed E-state index contributed by atoms with van der Waals surface area (Å²) in [6.45, 7) is 3.19. The van der Waals surface area contributed by atoms with Crippen molar-refractivity contribution in [1.29, 1.82) is 0 Å². The van der Waals surface area contributed by atoms with Gasteiger partial charge >= 0.3 is 0 Å². The van der Waals surface area contributed by atoms with E-state index in [0.29, 0.717) is 30.1 Å². The molecule has 0 fully saturated rings. The zero-order valence-corrected chi connectivity index (χ0v) is 19.8. The highest BCUT2D eigenvalue weighted by molar-refractivity contribution is 7.98. The van der Waals surface area contributed by atoms with E-state index in [-0.39, 0.29) is 5.56 Å². The van der Waals surface area contributed by atoms with Crippen LogP contribution in [-0.2, 0) is 18.9 Å². The lowest BCUT2D eigenvalue weighted by Gasteiger charge is -2.10. The fourth-order valence-corrected chi connectivity index (χ4v) is 5.27. The molecule has 5 aromatic rings. The van der Waals surface area contributed by atoms with Crippen molar-refractivity contribution < 1.29 is 4.74 Å². The molecule has 7 nitrogen and oxygen atoms in total. The van der Waals surface area contributed by atoms with Crippen molar-refractivity contribution in [2.75, 3.05) is 0 Å². The number of nitrogens with zero attached hydrogens (tertiary/aromatic N) is 5. The molecule has 3 aromatic heterocycles. The number of aromatic nitrogens is 5. The van der Waals surface area contributed by atoms with Crippen molar-refractivity contribution in [2.45, 2.75) is 43.8 Å². The van der Waals surface area contributed by atoms with Crippen LogP contribution in [0.25, 0.3) is 16.7 Å². The maximum absolute atomic E-state index is 13.1. The van der Waals surface area contributed by atoms with Crippen LogP contribution in [-0.4, -0.2) is 24.1 Å². The fourth-order valence-electron chi connectivity index (χ4n) is 3.63. The zero-order chi connectivity index (χ0) is 22.6. The van der Waals surface area contributed by atoms with Gasteiger partial charge in [-0.15, -0.1) is 21.5 Å². The Hall–Kier alpha value is -3.17. The number of hydrogen-bond acceptors (Lipinski definition) is 7. The van der Waals surface area contributed by atoms with Crippen LogP contribution in [0.15, 0.2) is 69.9 Å². The second-order valence-electron chi connectivity index (χ2n) is 7.57. The van der Waals surface area contributed by atoms with Gasteiger partial charge in [-0.3, -0.25) is 13.8 Å². The molecule has 168 valence electrons. The van der Waals surface area contributed by atoms with Crippen molar-refractivity contribution >= 4 is 39.8 Å². The smallest absolute Gasteiger partial charge is 0.262 e. The molecule has 0 saturated carbocycles. The minimum atomic E-state index is -0.0157. The van der Waals surface area contributed by atoms with Crippen LogP contribution in [0.4, 0.5) is 0 Å². The van der Waals surface area contributed by atoms with Gasteiger partial charge in [-0.05, 0) is 30.7 Å². The summed E-state index contributed by atoms with van der Waals surface area (Å²) in [6.07, 6.45) is 1.91. The van der Waals surface area contributed by atoms with Gasteiger partial charge in [0.15, 0.2) is 5.16 Å². The second-order valence-corrected chi connectivity index (χ2v) is 9.45. The minimum absolute atomic E-state index is 0.0157. The number of para-hydroxylation sites is 2. The maximum Gasteiger partial charge on any atom is 0.262 e. The van der Waals surface area contributed by atoms with Gasteiger partial charge in [-0.2, -0.15) is 0 Å². The van der Waals surface area contributed by atoms with Crippen molar-refractivity contribution in [1.82, 2.24) is 24.1 Å². The van der Waals surface area contributed by atoms with Gasteiger partial charge < -0.3 is 4.74 Å². The Balaban J connectivity index is 1.38. The first-order chi connectivity index (χ1) is 16.2. The molecule has 5 rings (SSSR count). The maximum atomic E-state index is 13.1. The van der Waals surface area contributed by atoms with Gasteiger partial charge in [0.1, 0.15) is 17.4 Å². The molecule has 0 aliphatic carbocycles. The number of fused-ring (bicyclic) bond motifs is 3. The molecule has 0 unspecified atom stereocenters. The molecular formula is C24H23N5O2S2. The summed E-state index contributed by atoms with van der Waals surface area (Å²) in [5.74, 6) is 2.08. The van der Waals surface area contributed by atoms with Gasteiger partial charge in [-0.1, -0.05) is 55.4 Å². The van der Waals surface area contributed by atoms with Gasteiger partial charge in [0, 0.05) is 17.7 Å². The molecule has 0 radical (unpaired) electrons. The average molecular weight is 478 g/mol. The van der Waals surface area contributed by atoms with Gasteiger partial charge in [-0.25, -0.2) is 4.98 Å². The number of unbranched alkanes of at least 4 members (excludes halogenated alkanes) is 1. The van der Waals surface area contributed by atoms with E-state index in [9.17, 15) is 4.79 Å². The van der Waals surface area contributed by atoms with Crippen LogP contribution in [0, 0.1) is 0 Å². The first-order valence-electron chi connectivity index (χ1n) is 10.8. The van der Waals surface area contributed by atoms with Crippen LogP contribution in [0.5, 0.6) is 5.75 Å². The van der Waals surface area contributed by atoms with Gasteiger partial charge in [0.25, 0.3) is 5.56 Å². The number of thioether (sulfide) groups is 1. The normalized spacial score (nSPS) is 11.4. The Morgan fingerprint density at radius 1 is 1.06 bits per heavy atom. The quantitative estimate of drug-likeness (QED) is 0.273. The summed E-state index contributed by atoms with van der Waals surface area (Å²) in [5, 5.41) is 13.2. The Morgan fingerprint density at radius 2 is 1.88 bits per heavy atom. The Morgan fingerprint density at radius 3 is 2.73 bits per heavy atom. The molecule has 0 aliphatic rings. The topological polar surface area (TPSA) is 74.3 Å². The number of benzene rings is 2. The first kappa shape index (κ1) is 21.7. The highest BCUT2D eigenvalue weighted by atomic mass is 32.2. The highest BCUT2D eigenvalue weighted by Gasteiger charge is 2.17. The standard InChI is InChI=1S/C24H23N5O2S2/c1-2-3-13-28-22(30)19-11-7-8-12-20(19)29-23(28)26-27-24(29)33-16-17-15-32-21(25-17)14-31-18-9-5-4-6-10-18/h4-12,15H,2-3,13-14,16H2,1H3. The molecule has 33 heavy (non-hydrogen) atoms. The number of aryl methyl sites for hydroxylation is 1. The lowest BCUT2D eigenvalue weighted by molar-refractivity contribution is 0.305.